The number of benzene rings is 3. The lowest BCUT2D eigenvalue weighted by Crippen LogP contribution is -2.56. The predicted octanol–water partition coefficient (Wildman–Crippen LogP) is 5.32. The largest absolute Gasteiger partial charge is 0.573 e. The van der Waals surface area contributed by atoms with E-state index in [2.05, 4.69) is 32.4 Å². The molecule has 3 aromatic rings. The molecule has 7 nitrogen and oxygen atoms in total. The number of alkyl halides is 3. The maximum absolute atomic E-state index is 13.5. The summed E-state index contributed by atoms with van der Waals surface area (Å²) in [6, 6.07) is 21.6. The zero-order valence-electron chi connectivity index (χ0n) is 21.9. The Labute approximate surface area is 230 Å². The van der Waals surface area contributed by atoms with Crippen LogP contribution in [-0.4, -0.2) is 53.3 Å². The highest BCUT2D eigenvalue weighted by Gasteiger charge is 2.36. The fraction of sp³-hybridized carbons (Fsp3) is 0.333. The van der Waals surface area contributed by atoms with E-state index in [4.69, 9.17) is 0 Å². The summed E-state index contributed by atoms with van der Waals surface area (Å²) in [5, 5.41) is 5.79. The van der Waals surface area contributed by atoms with E-state index in [-0.39, 0.29) is 24.2 Å². The molecule has 10 heteroatoms. The van der Waals surface area contributed by atoms with Crippen molar-refractivity contribution < 1.29 is 27.5 Å². The van der Waals surface area contributed by atoms with E-state index in [9.17, 15) is 22.8 Å². The summed E-state index contributed by atoms with van der Waals surface area (Å²) in [6.45, 7) is 2.78. The summed E-state index contributed by atoms with van der Waals surface area (Å²) in [5.41, 5.74) is 3.30. The summed E-state index contributed by atoms with van der Waals surface area (Å²) in [6.07, 6.45) is -2.89. The van der Waals surface area contributed by atoms with E-state index in [1.165, 1.54) is 22.6 Å². The van der Waals surface area contributed by atoms with Crippen LogP contribution in [0.1, 0.15) is 29.5 Å². The molecule has 3 aromatic carbocycles. The minimum absolute atomic E-state index is 0.00203. The Morgan fingerprint density at radius 2 is 1.60 bits per heavy atom. The van der Waals surface area contributed by atoms with Crippen molar-refractivity contribution in [1.82, 2.24) is 15.1 Å². The number of ether oxygens (including phenoxy) is 1. The van der Waals surface area contributed by atoms with Crippen LogP contribution in [0.5, 0.6) is 5.75 Å². The second-order valence-corrected chi connectivity index (χ2v) is 10.2. The van der Waals surface area contributed by atoms with Gasteiger partial charge >= 0.3 is 12.4 Å². The molecule has 2 N–H and O–H groups in total. The number of halogens is 3. The number of fused-ring (bicyclic) bond motifs is 1. The SMILES string of the molecule is O=C(NC1CCN(Cc2ccccc2)CC1)[C@@H]1Cc2ccccc2CN1C(=O)Nc1cccc(OC(F)(F)F)c1. The third kappa shape index (κ3) is 7.12. The van der Waals surface area contributed by atoms with Gasteiger partial charge in [-0.3, -0.25) is 9.69 Å². The number of nitrogens with one attached hydrogen (secondary N) is 2. The van der Waals surface area contributed by atoms with Gasteiger partial charge in [0.25, 0.3) is 0 Å². The molecule has 3 amide bonds. The van der Waals surface area contributed by atoms with Gasteiger partial charge in [-0.15, -0.1) is 13.2 Å². The molecule has 1 atom stereocenters. The van der Waals surface area contributed by atoms with Crippen molar-refractivity contribution >= 4 is 17.6 Å². The number of carbonyl (C=O) groups excluding carboxylic acids is 2. The van der Waals surface area contributed by atoms with E-state index in [1.54, 1.807) is 0 Å². The van der Waals surface area contributed by atoms with Gasteiger partial charge in [0, 0.05) is 50.4 Å². The number of carbonyl (C=O) groups is 2. The molecule has 0 aliphatic carbocycles. The number of rotatable bonds is 6. The first-order valence-electron chi connectivity index (χ1n) is 13.3. The van der Waals surface area contributed by atoms with Crippen molar-refractivity contribution in [3.63, 3.8) is 0 Å². The molecule has 1 saturated heterocycles. The molecule has 0 bridgehead atoms. The van der Waals surface area contributed by atoms with Gasteiger partial charge in [-0.05, 0) is 41.7 Å². The number of anilines is 1. The normalized spacial score (nSPS) is 18.1. The van der Waals surface area contributed by atoms with Crippen LogP contribution in [0, 0.1) is 0 Å². The highest BCUT2D eigenvalue weighted by Crippen LogP contribution is 2.28. The van der Waals surface area contributed by atoms with Crippen molar-refractivity contribution in [2.45, 2.75) is 50.8 Å². The molecular formula is C30H31F3N4O3. The van der Waals surface area contributed by atoms with Crippen LogP contribution >= 0.6 is 0 Å². The molecule has 1 fully saturated rings. The van der Waals surface area contributed by atoms with Gasteiger partial charge in [-0.25, -0.2) is 4.79 Å². The van der Waals surface area contributed by atoms with Gasteiger partial charge in [0.15, 0.2) is 0 Å². The van der Waals surface area contributed by atoms with E-state index in [0.717, 1.165) is 55.7 Å². The Morgan fingerprint density at radius 1 is 0.900 bits per heavy atom. The molecule has 2 aliphatic heterocycles. The van der Waals surface area contributed by atoms with E-state index < -0.39 is 24.2 Å². The second kappa shape index (κ2) is 12.0. The summed E-state index contributed by atoms with van der Waals surface area (Å²) in [4.78, 5) is 30.7. The average molecular weight is 553 g/mol. The smallest absolute Gasteiger partial charge is 0.406 e. The first kappa shape index (κ1) is 27.5. The lowest BCUT2D eigenvalue weighted by atomic mass is 9.93. The maximum atomic E-state index is 13.5. The molecule has 2 aliphatic rings. The van der Waals surface area contributed by atoms with Gasteiger partial charge < -0.3 is 20.3 Å². The van der Waals surface area contributed by atoms with E-state index in [0.29, 0.717) is 6.42 Å². The van der Waals surface area contributed by atoms with Crippen molar-refractivity contribution in [3.05, 3.63) is 95.6 Å². The minimum atomic E-state index is -4.85. The Kier molecular flexibility index (Phi) is 8.25. The monoisotopic (exact) mass is 552 g/mol. The number of urea groups is 1. The fourth-order valence-corrected chi connectivity index (χ4v) is 5.31. The predicted molar refractivity (Wildman–Crippen MR) is 145 cm³/mol. The molecule has 0 saturated carbocycles. The van der Waals surface area contributed by atoms with Gasteiger partial charge in [-0.1, -0.05) is 60.7 Å². The van der Waals surface area contributed by atoms with Crippen molar-refractivity contribution in [2.75, 3.05) is 18.4 Å². The number of nitrogens with zero attached hydrogens (tertiary/aromatic N) is 2. The number of likely N-dealkylation sites (tertiary alicyclic amines) is 1. The summed E-state index contributed by atoms with van der Waals surface area (Å²) >= 11 is 0. The lowest BCUT2D eigenvalue weighted by Gasteiger charge is -2.38. The number of amides is 3. The zero-order chi connectivity index (χ0) is 28.1. The average Bonchev–Trinajstić information content (AvgIpc) is 2.93. The van der Waals surface area contributed by atoms with Crippen molar-refractivity contribution in [2.24, 2.45) is 0 Å². The molecule has 5 rings (SSSR count). The minimum Gasteiger partial charge on any atom is -0.406 e. The third-order valence-electron chi connectivity index (χ3n) is 7.31. The standard InChI is InChI=1S/C30H31F3N4O3/c31-30(32,33)40-26-12-6-11-25(18-26)35-29(39)37-20-23-10-5-4-9-22(23)17-27(37)28(38)34-24-13-15-36(16-14-24)19-21-7-2-1-3-8-21/h1-12,18,24,27H,13-17,19-20H2,(H,34,38)(H,35,39)/t27-/m0/s1. The Bertz CT molecular complexity index is 1330. The second-order valence-electron chi connectivity index (χ2n) is 10.2. The topological polar surface area (TPSA) is 73.9 Å². The number of hydrogen-bond acceptors (Lipinski definition) is 4. The summed E-state index contributed by atoms with van der Waals surface area (Å²) in [7, 11) is 0. The van der Waals surface area contributed by atoms with Crippen LogP contribution in [-0.2, 0) is 24.3 Å². The van der Waals surface area contributed by atoms with Crippen molar-refractivity contribution in [3.8, 4) is 5.75 Å². The van der Waals surface area contributed by atoms with Crippen LogP contribution in [0.25, 0.3) is 0 Å². The van der Waals surface area contributed by atoms with Gasteiger partial charge in [0.1, 0.15) is 11.8 Å². The van der Waals surface area contributed by atoms with E-state index in [1.807, 2.05) is 42.5 Å². The highest BCUT2D eigenvalue weighted by molar-refractivity contribution is 5.94. The van der Waals surface area contributed by atoms with Gasteiger partial charge in [0.2, 0.25) is 5.91 Å². The molecule has 0 radical (unpaired) electrons. The zero-order valence-corrected chi connectivity index (χ0v) is 21.9. The number of piperidine rings is 1. The Hall–Kier alpha value is -4.05. The van der Waals surface area contributed by atoms with Crippen LogP contribution in [0.2, 0.25) is 0 Å². The summed E-state index contributed by atoms with van der Waals surface area (Å²) < 4.78 is 41.9. The quantitative estimate of drug-likeness (QED) is 0.434. The molecule has 0 aromatic heterocycles. The third-order valence-corrected chi connectivity index (χ3v) is 7.31. The van der Waals surface area contributed by atoms with Gasteiger partial charge in [-0.2, -0.15) is 0 Å². The van der Waals surface area contributed by atoms with Gasteiger partial charge in [0.05, 0.1) is 0 Å². The van der Waals surface area contributed by atoms with Crippen molar-refractivity contribution in [1.29, 1.82) is 0 Å². The first-order chi connectivity index (χ1) is 19.2. The molecule has 2 heterocycles. The van der Waals surface area contributed by atoms with Crippen LogP contribution in [0.3, 0.4) is 0 Å². The fourth-order valence-electron chi connectivity index (χ4n) is 5.31. The Balaban J connectivity index is 1.24. The lowest BCUT2D eigenvalue weighted by molar-refractivity contribution is -0.274. The molecule has 0 spiro atoms. The maximum Gasteiger partial charge on any atom is 0.573 e. The molecule has 0 unspecified atom stereocenters. The molecular weight excluding hydrogens is 521 g/mol. The molecule has 210 valence electrons. The van der Waals surface area contributed by atoms with Crippen LogP contribution < -0.4 is 15.4 Å². The summed E-state index contributed by atoms with van der Waals surface area (Å²) in [5.74, 6) is -0.678. The first-order valence-corrected chi connectivity index (χ1v) is 13.3. The van der Waals surface area contributed by atoms with Crippen LogP contribution in [0.4, 0.5) is 23.7 Å². The highest BCUT2D eigenvalue weighted by atomic mass is 19.4. The number of hydrogen-bond donors (Lipinski definition) is 2. The Morgan fingerprint density at radius 3 is 2.33 bits per heavy atom. The van der Waals surface area contributed by atoms with Crippen LogP contribution in [0.15, 0.2) is 78.9 Å². The van der Waals surface area contributed by atoms with E-state index >= 15 is 0 Å². The molecule has 40 heavy (non-hydrogen) atoms.